The number of halogens is 9. The largest absolute Gasteiger partial charge is 0.477 e. The van der Waals surface area contributed by atoms with Crippen LogP contribution in [0, 0.1) is 20.8 Å². The van der Waals surface area contributed by atoms with E-state index in [1.165, 1.54) is 25.3 Å². The zero-order valence-electron chi connectivity index (χ0n) is 50.4. The number of aromatic carboxylic acids is 1. The minimum atomic E-state index is -4.43. The first-order chi connectivity index (χ1) is 42.0. The Hall–Kier alpha value is -8.84. The molecule has 0 radical (unpaired) electrons. The van der Waals surface area contributed by atoms with Gasteiger partial charge in [-0.25, -0.2) is 28.4 Å². The molecule has 10 rings (SSSR count). The fourth-order valence-electron chi connectivity index (χ4n) is 11.4. The number of benzene rings is 4. The van der Waals surface area contributed by atoms with Crippen molar-refractivity contribution < 1.29 is 73.3 Å². The lowest BCUT2D eigenvalue weighted by molar-refractivity contribution is -0.138. The third kappa shape index (κ3) is 14.5. The molecule has 0 fully saturated rings. The minimum Gasteiger partial charge on any atom is -0.477 e. The lowest BCUT2D eigenvalue weighted by Gasteiger charge is -2.21. The predicted molar refractivity (Wildman–Crippen MR) is 313 cm³/mol. The number of anilines is 3. The van der Waals surface area contributed by atoms with E-state index in [1.54, 1.807) is 84.4 Å². The van der Waals surface area contributed by atoms with Gasteiger partial charge in [-0.3, -0.25) is 4.79 Å². The molecule has 0 bridgehead atoms. The summed E-state index contributed by atoms with van der Waals surface area (Å²) < 4.78 is 133. The Morgan fingerprint density at radius 1 is 0.551 bits per heavy atom. The van der Waals surface area contributed by atoms with Gasteiger partial charge in [0.1, 0.15) is 34.1 Å². The highest BCUT2D eigenvalue weighted by Crippen LogP contribution is 2.41. The summed E-state index contributed by atoms with van der Waals surface area (Å²) in [5.41, 5.74) is 3.06. The summed E-state index contributed by atoms with van der Waals surface area (Å²) in [7, 11) is 1.31. The van der Waals surface area contributed by atoms with E-state index in [2.05, 4.69) is 20.6 Å². The maximum absolute atomic E-state index is 13.5. The van der Waals surface area contributed by atoms with E-state index < -0.39 is 53.1 Å². The van der Waals surface area contributed by atoms with Crippen LogP contribution in [0.3, 0.4) is 0 Å². The number of hydrogen-bond acceptors (Lipinski definition) is 12. The van der Waals surface area contributed by atoms with E-state index in [4.69, 9.17) is 9.47 Å². The highest BCUT2D eigenvalue weighted by Gasteiger charge is 2.40. The first-order valence-corrected chi connectivity index (χ1v) is 28.9. The summed E-state index contributed by atoms with van der Waals surface area (Å²) in [6, 6.07) is 22.1. The summed E-state index contributed by atoms with van der Waals surface area (Å²) in [6.45, 7) is 17.3. The summed E-state index contributed by atoms with van der Waals surface area (Å²) in [5, 5.41) is 25.9. The van der Waals surface area contributed by atoms with Crippen molar-refractivity contribution >= 4 is 41.3 Å². The van der Waals surface area contributed by atoms with Crippen LogP contribution in [0.1, 0.15) is 176 Å². The number of ether oxygens (including phenoxy) is 2. The number of nitrogens with zero attached hydrogens (tertiary/aromatic N) is 9. The fourth-order valence-corrected chi connectivity index (χ4v) is 11.4. The quantitative estimate of drug-likeness (QED) is 0.0689. The van der Waals surface area contributed by atoms with Crippen molar-refractivity contribution in [2.75, 3.05) is 48.1 Å². The molecule has 2 N–H and O–H groups in total. The second kappa shape index (κ2) is 26.9. The third-order valence-corrected chi connectivity index (χ3v) is 15.8. The average molecular weight is 1250 g/mol. The predicted octanol–water partition coefficient (Wildman–Crippen LogP) is 13.7. The molecule has 7 aromatic rings. The van der Waals surface area contributed by atoms with Gasteiger partial charge in [0.2, 0.25) is 0 Å². The van der Waals surface area contributed by atoms with Crippen LogP contribution in [-0.2, 0) is 47.6 Å². The highest BCUT2D eigenvalue weighted by molar-refractivity contribution is 6.01. The fraction of sp³-hybridized carbons (Fsp3) is 0.413. The molecule has 0 unspecified atom stereocenters. The smallest absolute Gasteiger partial charge is 0.416 e. The van der Waals surface area contributed by atoms with Crippen LogP contribution in [0.4, 0.5) is 57.0 Å². The molecule has 17 nitrogen and oxygen atoms in total. The molecule has 3 aromatic heterocycles. The summed E-state index contributed by atoms with van der Waals surface area (Å²) in [4.78, 5) is 54.8. The number of aryl methyl sites for hydroxylation is 3. The van der Waals surface area contributed by atoms with Crippen molar-refractivity contribution in [1.82, 2.24) is 34.7 Å². The van der Waals surface area contributed by atoms with Crippen molar-refractivity contribution in [1.29, 1.82) is 0 Å². The second-order valence-corrected chi connectivity index (χ2v) is 21.9. The molecular weight excluding hydrogens is 1180 g/mol. The van der Waals surface area contributed by atoms with Crippen molar-refractivity contribution in [3.8, 4) is 0 Å². The number of carboxylic acids is 1. The molecule has 4 aromatic carbocycles. The van der Waals surface area contributed by atoms with Gasteiger partial charge in [-0.1, -0.05) is 69.3 Å². The zero-order chi connectivity index (χ0) is 65.0. The zero-order valence-corrected chi connectivity index (χ0v) is 50.4. The van der Waals surface area contributed by atoms with Crippen LogP contribution in [0.2, 0.25) is 0 Å². The number of carbonyl (C=O) groups is 4. The number of esters is 2. The molecule has 3 aliphatic heterocycles. The van der Waals surface area contributed by atoms with E-state index >= 15 is 0 Å². The molecule has 476 valence electrons. The normalized spacial score (nSPS) is 16.4. The molecular formula is C63H69F9N10O7. The molecule has 3 aliphatic rings. The number of nitrogens with one attached hydrogen (secondary N) is 1. The Labute approximate surface area is 508 Å². The van der Waals surface area contributed by atoms with E-state index in [9.17, 15) is 63.8 Å². The maximum Gasteiger partial charge on any atom is 0.416 e. The average Bonchev–Trinajstić information content (AvgIpc) is 1.69. The van der Waals surface area contributed by atoms with Crippen molar-refractivity contribution in [3.05, 3.63) is 175 Å². The van der Waals surface area contributed by atoms with Crippen LogP contribution in [0.5, 0.6) is 0 Å². The van der Waals surface area contributed by atoms with Crippen molar-refractivity contribution in [3.63, 3.8) is 0 Å². The Morgan fingerprint density at radius 3 is 1.26 bits per heavy atom. The number of alkyl halides is 9. The lowest BCUT2D eigenvalue weighted by Crippen LogP contribution is -2.29. The molecule has 89 heavy (non-hydrogen) atoms. The van der Waals surface area contributed by atoms with Crippen LogP contribution >= 0.6 is 0 Å². The van der Waals surface area contributed by atoms with Gasteiger partial charge in [0, 0.05) is 39.3 Å². The van der Waals surface area contributed by atoms with Crippen LogP contribution in [0.25, 0.3) is 0 Å². The van der Waals surface area contributed by atoms with Crippen LogP contribution in [-0.4, -0.2) is 91.6 Å². The van der Waals surface area contributed by atoms with E-state index in [0.29, 0.717) is 87.6 Å². The number of amides is 1. The van der Waals surface area contributed by atoms with Gasteiger partial charge in [-0.2, -0.15) is 54.8 Å². The van der Waals surface area contributed by atoms with Crippen LogP contribution < -0.4 is 20.0 Å². The second-order valence-electron chi connectivity index (χ2n) is 21.9. The van der Waals surface area contributed by atoms with Gasteiger partial charge in [0.15, 0.2) is 0 Å². The number of rotatable bonds is 16. The first kappa shape index (κ1) is 66.1. The lowest BCUT2D eigenvalue weighted by atomic mass is 10.1. The standard InChI is InChI=1S/C27H29F3N4O3.C19H22F3N3O2.C17H18F3N3O2/c1-5-22-15-33(14-18-7-6-8-21(13-18)27(28,29)30)25-23(17(3)32-34(22)25)24(35)31-16(2)19-9-11-20(12-10-19)26(36)37-4;1-4-15-11-24(10-13-7-6-8-14(9-13)19(20,21)22)17-16(18(26)27-5-2)12(3)23-25(15)17;1-3-13-9-22(15-14(16(24)25)10(2)21-23(13)15)8-11-5-4-6-12(7-11)17(18,19)20/h6-13,16,22H,5,14-15H2,1-4H3,(H,31,35);6-9,15H,4-5,10-11H2,1-3H3;4-7,13H,3,8-9H2,1-2H3,(H,24,25)/t16-,22+;15-;13-/m011/s1. The van der Waals surface area contributed by atoms with E-state index in [1.807, 2.05) is 42.2 Å². The van der Waals surface area contributed by atoms with Crippen molar-refractivity contribution in [2.45, 2.75) is 137 Å². The molecule has 1 amide bonds. The minimum absolute atomic E-state index is 0.00402. The van der Waals surface area contributed by atoms with Gasteiger partial charge in [0.05, 0.1) is 77.2 Å². The number of carboxylic acid groups (broad SMARTS) is 1. The van der Waals surface area contributed by atoms with Crippen molar-refractivity contribution in [2.24, 2.45) is 0 Å². The number of methoxy groups -OCH3 is 1. The maximum atomic E-state index is 13.5. The summed E-state index contributed by atoms with van der Waals surface area (Å²) in [5.74, 6) is -0.613. The molecule has 0 spiro atoms. The molecule has 6 heterocycles. The molecule has 0 saturated heterocycles. The number of carbonyl (C=O) groups excluding carboxylic acids is 3. The van der Waals surface area contributed by atoms with Gasteiger partial charge in [-0.15, -0.1) is 0 Å². The highest BCUT2D eigenvalue weighted by atomic mass is 19.4. The molecule has 26 heteroatoms. The van der Waals surface area contributed by atoms with E-state index in [-0.39, 0.29) is 61.9 Å². The molecule has 0 saturated carbocycles. The number of fused-ring (bicyclic) bond motifs is 3. The first-order valence-electron chi connectivity index (χ1n) is 28.9. The summed E-state index contributed by atoms with van der Waals surface area (Å²) in [6.07, 6.45) is -10.9. The monoisotopic (exact) mass is 1250 g/mol. The van der Waals surface area contributed by atoms with Gasteiger partial charge < -0.3 is 34.6 Å². The Kier molecular flexibility index (Phi) is 20.0. The van der Waals surface area contributed by atoms with Gasteiger partial charge >= 0.3 is 36.4 Å². The van der Waals surface area contributed by atoms with Crippen LogP contribution in [0.15, 0.2) is 97.1 Å². The number of aromatic nitrogens is 6. The Bertz CT molecular complexity index is 3700. The Morgan fingerprint density at radius 2 is 0.910 bits per heavy atom. The Balaban J connectivity index is 0.000000177. The SMILES string of the molecule is CCOC(=O)c1c(C)nn2c1N(Cc1cccc(C(F)(F)F)c1)C[C@H]2CC.CC[C@@H]1CN(Cc2cccc(C(F)(F)F)c2)c2c(C(=O)N[C@@H](C)c3ccc(C(=O)OC)cc3)c(C)nn21.CC[C@@H]1CN(Cc2cccc(C(F)(F)F)c2)c2c(C(=O)O)c(C)nn21. The molecule has 0 aliphatic carbocycles. The third-order valence-electron chi connectivity index (χ3n) is 15.8. The van der Waals surface area contributed by atoms with Gasteiger partial charge in [-0.05, 0) is 125 Å². The van der Waals surface area contributed by atoms with E-state index in [0.717, 1.165) is 61.2 Å². The topological polar surface area (TPSA) is 182 Å². The summed E-state index contributed by atoms with van der Waals surface area (Å²) >= 11 is 0. The number of hydrogen-bond donors (Lipinski definition) is 2. The molecule has 4 atom stereocenters. The van der Waals surface area contributed by atoms with Gasteiger partial charge in [0.25, 0.3) is 5.91 Å².